The molecule has 0 saturated heterocycles. The number of hydrogen-bond donors (Lipinski definition) is 0. The molecule has 0 fully saturated rings. The van der Waals surface area contributed by atoms with E-state index in [1.165, 1.54) is 10.5 Å². The third-order valence-electron chi connectivity index (χ3n) is 6.67. The number of hydrogen-bond acceptors (Lipinski definition) is 5. The van der Waals surface area contributed by atoms with E-state index in [0.29, 0.717) is 16.9 Å². The number of rotatable bonds is 5. The molecule has 0 aliphatic carbocycles. The number of ether oxygens (including phenoxy) is 1. The molecule has 0 N–H and O–H groups in total. The van der Waals surface area contributed by atoms with Gasteiger partial charge in [-0.3, -0.25) is 14.0 Å². The molecular formula is C32H30N4O4. The van der Waals surface area contributed by atoms with Crippen LogP contribution >= 0.6 is 0 Å². The Kier molecular flexibility index (Phi) is 7.17. The van der Waals surface area contributed by atoms with Crippen molar-refractivity contribution in [2.45, 2.75) is 39.7 Å². The second-order valence-electron chi connectivity index (χ2n) is 10.5. The molecule has 5 aromatic rings. The smallest absolute Gasteiger partial charge is 0.341 e. The number of benzene rings is 2. The molecule has 0 aliphatic heterocycles. The summed E-state index contributed by atoms with van der Waals surface area (Å²) in [5.41, 5.74) is 2.75. The molecule has 0 aliphatic rings. The number of carbonyl (C=O) groups is 2. The monoisotopic (exact) mass is 534 g/mol. The molecule has 2 aromatic carbocycles. The van der Waals surface area contributed by atoms with Gasteiger partial charge in [-0.05, 0) is 53.8 Å². The van der Waals surface area contributed by atoms with Gasteiger partial charge in [-0.2, -0.15) is 4.99 Å². The first kappa shape index (κ1) is 26.7. The second kappa shape index (κ2) is 10.7. The van der Waals surface area contributed by atoms with Crippen LogP contribution in [-0.4, -0.2) is 32.4 Å². The van der Waals surface area contributed by atoms with Crippen molar-refractivity contribution in [3.8, 4) is 0 Å². The number of amides is 1. The summed E-state index contributed by atoms with van der Waals surface area (Å²) in [6.45, 7) is 8.32. The first-order chi connectivity index (χ1) is 19.2. The topological polar surface area (TPSA) is 95.0 Å². The van der Waals surface area contributed by atoms with Crippen LogP contribution in [0.5, 0.6) is 0 Å². The molecule has 202 valence electrons. The Morgan fingerprint density at radius 3 is 2.33 bits per heavy atom. The number of nitrogens with zero attached hydrogens (tertiary/aromatic N) is 4. The number of pyridine rings is 2. The van der Waals surface area contributed by atoms with Crippen molar-refractivity contribution in [1.29, 1.82) is 0 Å². The molecule has 0 atom stereocenters. The van der Waals surface area contributed by atoms with Gasteiger partial charge in [0.25, 0.3) is 11.5 Å². The van der Waals surface area contributed by atoms with Crippen molar-refractivity contribution in [3.63, 3.8) is 0 Å². The van der Waals surface area contributed by atoms with Crippen LogP contribution in [0.2, 0.25) is 0 Å². The van der Waals surface area contributed by atoms with Gasteiger partial charge < -0.3 is 9.30 Å². The lowest BCUT2D eigenvalue weighted by molar-refractivity contribution is 0.0523. The van der Waals surface area contributed by atoms with Gasteiger partial charge in [0.15, 0.2) is 5.49 Å². The van der Waals surface area contributed by atoms with Crippen LogP contribution in [0.15, 0.2) is 94.8 Å². The Bertz CT molecular complexity index is 1860. The van der Waals surface area contributed by atoms with Crippen molar-refractivity contribution in [2.24, 2.45) is 4.99 Å². The maximum absolute atomic E-state index is 13.6. The van der Waals surface area contributed by atoms with E-state index in [1.54, 1.807) is 48.0 Å². The number of fused-ring (bicyclic) bond motifs is 2. The Morgan fingerprint density at radius 2 is 1.65 bits per heavy atom. The van der Waals surface area contributed by atoms with Gasteiger partial charge in [-0.15, -0.1) is 0 Å². The van der Waals surface area contributed by atoms with Crippen molar-refractivity contribution in [3.05, 3.63) is 123 Å². The molecule has 0 radical (unpaired) electrons. The summed E-state index contributed by atoms with van der Waals surface area (Å²) in [6.07, 6.45) is 1.62. The van der Waals surface area contributed by atoms with E-state index in [9.17, 15) is 14.4 Å². The molecule has 5 rings (SSSR count). The van der Waals surface area contributed by atoms with E-state index in [0.717, 1.165) is 11.1 Å². The first-order valence-electron chi connectivity index (χ1n) is 13.1. The minimum absolute atomic E-state index is 0.0136. The van der Waals surface area contributed by atoms with Gasteiger partial charge in [-0.1, -0.05) is 69.3 Å². The molecule has 3 heterocycles. The van der Waals surface area contributed by atoms with Crippen LogP contribution in [0.1, 0.15) is 59.5 Å². The van der Waals surface area contributed by atoms with Gasteiger partial charge >= 0.3 is 5.97 Å². The molecule has 1 amide bonds. The summed E-state index contributed by atoms with van der Waals surface area (Å²) in [5.74, 6) is -1.21. The van der Waals surface area contributed by atoms with E-state index in [2.05, 4.69) is 25.8 Å². The number of esters is 1. The van der Waals surface area contributed by atoms with Crippen LogP contribution in [0, 0.1) is 0 Å². The fourth-order valence-electron chi connectivity index (χ4n) is 4.55. The molecule has 0 spiro atoms. The highest BCUT2D eigenvalue weighted by atomic mass is 16.5. The fraction of sp³-hybridized carbons (Fsp3) is 0.219. The van der Waals surface area contributed by atoms with Crippen LogP contribution in [0.4, 0.5) is 0 Å². The Morgan fingerprint density at radius 1 is 0.950 bits per heavy atom. The first-order valence-corrected chi connectivity index (χ1v) is 13.1. The van der Waals surface area contributed by atoms with Crippen molar-refractivity contribution < 1.29 is 14.3 Å². The van der Waals surface area contributed by atoms with Gasteiger partial charge in [0.2, 0.25) is 0 Å². The molecule has 8 heteroatoms. The second-order valence-corrected chi connectivity index (χ2v) is 10.5. The molecule has 0 bridgehead atoms. The lowest BCUT2D eigenvalue weighted by atomic mass is 9.87. The zero-order valence-electron chi connectivity index (χ0n) is 22.9. The summed E-state index contributed by atoms with van der Waals surface area (Å²) < 4.78 is 8.40. The summed E-state index contributed by atoms with van der Waals surface area (Å²) in [6, 6.07) is 23.5. The minimum Gasteiger partial charge on any atom is -0.462 e. The van der Waals surface area contributed by atoms with E-state index >= 15 is 0 Å². The van der Waals surface area contributed by atoms with Crippen molar-refractivity contribution in [2.75, 3.05) is 6.61 Å². The van der Waals surface area contributed by atoms with Gasteiger partial charge in [0.05, 0.1) is 18.5 Å². The summed E-state index contributed by atoms with van der Waals surface area (Å²) in [5, 5.41) is 0.212. The third-order valence-corrected chi connectivity index (χ3v) is 6.67. The Hall–Kier alpha value is -4.85. The maximum atomic E-state index is 13.6. The van der Waals surface area contributed by atoms with Crippen LogP contribution in [-0.2, 0) is 16.7 Å². The highest BCUT2D eigenvalue weighted by Crippen LogP contribution is 2.22. The van der Waals surface area contributed by atoms with Crippen molar-refractivity contribution in [1.82, 2.24) is 14.0 Å². The number of aromatic nitrogens is 3. The third kappa shape index (κ3) is 5.20. The predicted molar refractivity (Wildman–Crippen MR) is 153 cm³/mol. The average Bonchev–Trinajstić information content (AvgIpc) is 2.94. The molecule has 40 heavy (non-hydrogen) atoms. The highest BCUT2D eigenvalue weighted by molar-refractivity contribution is 5.97. The maximum Gasteiger partial charge on any atom is 0.341 e. The molecule has 0 unspecified atom stereocenters. The normalized spacial score (nSPS) is 12.2. The lowest BCUT2D eigenvalue weighted by Crippen LogP contribution is -2.33. The van der Waals surface area contributed by atoms with Gasteiger partial charge in [0.1, 0.15) is 16.9 Å². The van der Waals surface area contributed by atoms with E-state index in [-0.39, 0.29) is 40.6 Å². The fourth-order valence-corrected chi connectivity index (χ4v) is 4.55. The standard InChI is InChI=1S/C32H30N4O4/c1-5-40-31(39)25-19-24-27(33-26-13-9-10-18-35(26)30(24)38)36(20-21-11-7-6-8-12-21)28(25)34-29(37)22-14-16-23(17-15-22)32(2,3)4/h6-19H,5,20H2,1-4H3. The van der Waals surface area contributed by atoms with Crippen LogP contribution in [0.25, 0.3) is 16.7 Å². The zero-order valence-corrected chi connectivity index (χ0v) is 22.9. The molecule has 8 nitrogen and oxygen atoms in total. The van der Waals surface area contributed by atoms with Gasteiger partial charge in [0, 0.05) is 11.8 Å². The lowest BCUT2D eigenvalue weighted by Gasteiger charge is -2.18. The quantitative estimate of drug-likeness (QED) is 0.236. The molecule has 0 saturated carbocycles. The largest absolute Gasteiger partial charge is 0.462 e. The molecule has 3 aromatic heterocycles. The van der Waals surface area contributed by atoms with Crippen LogP contribution in [0.3, 0.4) is 0 Å². The van der Waals surface area contributed by atoms with Crippen LogP contribution < -0.4 is 11.0 Å². The summed E-state index contributed by atoms with van der Waals surface area (Å²) in [7, 11) is 0. The number of carbonyl (C=O) groups excluding carboxylic acids is 2. The van der Waals surface area contributed by atoms with E-state index < -0.39 is 11.9 Å². The average molecular weight is 535 g/mol. The highest BCUT2D eigenvalue weighted by Gasteiger charge is 2.21. The van der Waals surface area contributed by atoms with E-state index in [1.807, 2.05) is 42.5 Å². The van der Waals surface area contributed by atoms with E-state index in [4.69, 9.17) is 9.72 Å². The molecular weight excluding hydrogens is 504 g/mol. The van der Waals surface area contributed by atoms with Gasteiger partial charge in [-0.25, -0.2) is 9.78 Å². The zero-order chi connectivity index (χ0) is 28.4. The Labute approximate surface area is 231 Å². The minimum atomic E-state index is -0.682. The SMILES string of the molecule is CCOC(=O)c1cc2c(=O)n3ccccc3nc2n(Cc2ccccc2)c1=NC(=O)c1ccc(C(C)(C)C)cc1. The Balaban J connectivity index is 1.83. The summed E-state index contributed by atoms with van der Waals surface area (Å²) >= 11 is 0. The predicted octanol–water partition coefficient (Wildman–Crippen LogP) is 4.91. The van der Waals surface area contributed by atoms with Crippen molar-refractivity contribution >= 4 is 28.6 Å². The summed E-state index contributed by atoms with van der Waals surface area (Å²) in [4.78, 5) is 49.5.